The molecule has 4 nitrogen and oxygen atoms in total. The van der Waals surface area contributed by atoms with Gasteiger partial charge in [0.15, 0.2) is 11.6 Å². The zero-order chi connectivity index (χ0) is 34.8. The van der Waals surface area contributed by atoms with Gasteiger partial charge in [-0.15, -0.1) is 0 Å². The maximum atomic E-state index is 14.0. The van der Waals surface area contributed by atoms with Crippen molar-refractivity contribution in [3.8, 4) is 11.6 Å². The summed E-state index contributed by atoms with van der Waals surface area (Å²) in [7, 11) is 0. The van der Waals surface area contributed by atoms with Crippen molar-refractivity contribution in [1.29, 1.82) is 0 Å². The van der Waals surface area contributed by atoms with Crippen LogP contribution in [0.5, 0.6) is 0 Å². The summed E-state index contributed by atoms with van der Waals surface area (Å²) >= 11 is 0. The number of allylic oxidation sites excluding steroid dienone is 1. The molecule has 1 unspecified atom stereocenters. The molecule has 2 heterocycles. The predicted octanol–water partition coefficient (Wildman–Crippen LogP) is 10.7. The smallest absolute Gasteiger partial charge is 0.177 e. The van der Waals surface area contributed by atoms with Crippen LogP contribution >= 0.6 is 0 Å². The van der Waals surface area contributed by atoms with Crippen LogP contribution in [0.25, 0.3) is 23.3 Å². The molecule has 0 aliphatic carbocycles. The van der Waals surface area contributed by atoms with Crippen LogP contribution in [0.2, 0.25) is 0 Å². The molecule has 6 heteroatoms. The molecule has 5 aromatic carbocycles. The normalized spacial score (nSPS) is 12.2. The van der Waals surface area contributed by atoms with Crippen molar-refractivity contribution in [3.63, 3.8) is 0 Å². The lowest BCUT2D eigenvalue weighted by Gasteiger charge is -2.17. The molecule has 0 saturated heterocycles. The molecule has 0 amide bonds. The van der Waals surface area contributed by atoms with E-state index in [1.807, 2.05) is 67.0 Å². The highest BCUT2D eigenvalue weighted by Crippen LogP contribution is 2.29. The molecule has 0 aliphatic heterocycles. The molecule has 1 atom stereocenters. The molecular weight excluding hydrogens is 635 g/mol. The van der Waals surface area contributed by atoms with E-state index in [1.165, 1.54) is 35.4 Å². The van der Waals surface area contributed by atoms with Crippen LogP contribution in [0.1, 0.15) is 58.0 Å². The zero-order valence-corrected chi connectivity index (χ0v) is 28.4. The number of nitrogens with zero attached hydrogens (tertiary/aromatic N) is 3. The van der Waals surface area contributed by atoms with Gasteiger partial charge in [-0.3, -0.25) is 0 Å². The molecule has 2 aromatic heterocycles. The molecule has 0 aliphatic rings. The Labute approximate surface area is 298 Å². The van der Waals surface area contributed by atoms with Crippen molar-refractivity contribution in [1.82, 2.24) is 19.5 Å². The molecule has 0 saturated carbocycles. The lowest BCUT2D eigenvalue weighted by molar-refractivity contribution is 0.604. The second-order valence-corrected chi connectivity index (χ2v) is 13.0. The lowest BCUT2D eigenvalue weighted by atomic mass is 9.88. The molecule has 0 fully saturated rings. The number of hydrogen-bond donors (Lipinski definition) is 1. The minimum Gasteiger partial charge on any atom is -0.342 e. The van der Waals surface area contributed by atoms with E-state index in [1.54, 1.807) is 0 Å². The third kappa shape index (κ3) is 8.84. The highest BCUT2D eigenvalue weighted by atomic mass is 19.1. The van der Waals surface area contributed by atoms with Gasteiger partial charge in [-0.25, -0.2) is 18.7 Å². The summed E-state index contributed by atoms with van der Waals surface area (Å²) in [5.41, 5.74) is 8.69. The topological polar surface area (TPSA) is 46.5 Å². The fourth-order valence-corrected chi connectivity index (χ4v) is 6.63. The molecule has 1 N–H and O–H groups in total. The minimum absolute atomic E-state index is 0.160. The number of nitrogens with one attached hydrogen (secondary N) is 1. The van der Waals surface area contributed by atoms with E-state index in [9.17, 15) is 8.78 Å². The molecule has 51 heavy (non-hydrogen) atoms. The number of halogens is 2. The maximum Gasteiger partial charge on any atom is 0.177 e. The number of hydrogen-bond acceptors (Lipinski definition) is 2. The van der Waals surface area contributed by atoms with Crippen molar-refractivity contribution in [3.05, 3.63) is 203 Å². The summed E-state index contributed by atoms with van der Waals surface area (Å²) in [5.74, 6) is 1.09. The van der Waals surface area contributed by atoms with Crippen molar-refractivity contribution in [2.24, 2.45) is 0 Å². The molecule has 0 spiro atoms. The zero-order valence-electron chi connectivity index (χ0n) is 28.4. The highest BCUT2D eigenvalue weighted by molar-refractivity contribution is 5.81. The first-order chi connectivity index (χ1) is 25.1. The molecule has 7 rings (SSSR count). The number of imidazole rings is 2. The summed E-state index contributed by atoms with van der Waals surface area (Å²) in [6, 6.07) is 44.8. The molecule has 254 valence electrons. The Morgan fingerprint density at radius 2 is 1.27 bits per heavy atom. The van der Waals surface area contributed by atoms with Gasteiger partial charge in [0.2, 0.25) is 0 Å². The van der Waals surface area contributed by atoms with Crippen molar-refractivity contribution < 1.29 is 8.78 Å². The Bertz CT molecular complexity index is 2150. The minimum atomic E-state index is -0.257. The highest BCUT2D eigenvalue weighted by Gasteiger charge is 2.19. The van der Waals surface area contributed by atoms with Gasteiger partial charge in [0.1, 0.15) is 11.6 Å². The molecule has 7 aromatic rings. The Balaban J connectivity index is 1.21. The van der Waals surface area contributed by atoms with Crippen LogP contribution in [0.15, 0.2) is 152 Å². The summed E-state index contributed by atoms with van der Waals surface area (Å²) in [6.07, 6.45) is 10.2. The molecule has 0 bridgehead atoms. The monoisotopic (exact) mass is 674 g/mol. The molecular formula is C45H40F2N4. The summed E-state index contributed by atoms with van der Waals surface area (Å²) < 4.78 is 30.1. The fraction of sp³-hybridized carbons (Fsp3) is 0.156. The Morgan fingerprint density at radius 3 is 1.92 bits per heavy atom. The third-order valence-electron chi connectivity index (χ3n) is 9.40. The predicted molar refractivity (Wildman–Crippen MR) is 202 cm³/mol. The van der Waals surface area contributed by atoms with E-state index in [0.29, 0.717) is 18.8 Å². The van der Waals surface area contributed by atoms with Gasteiger partial charge in [-0.1, -0.05) is 115 Å². The number of rotatable bonds is 14. The van der Waals surface area contributed by atoms with Crippen molar-refractivity contribution in [2.45, 2.75) is 44.6 Å². The van der Waals surface area contributed by atoms with Gasteiger partial charge in [0.25, 0.3) is 0 Å². The van der Waals surface area contributed by atoms with Crippen molar-refractivity contribution >= 4 is 11.6 Å². The first kappa shape index (κ1) is 33.6. The van der Waals surface area contributed by atoms with E-state index in [0.717, 1.165) is 65.2 Å². The number of benzene rings is 5. The van der Waals surface area contributed by atoms with E-state index in [-0.39, 0.29) is 17.6 Å². The summed E-state index contributed by atoms with van der Waals surface area (Å²) in [4.78, 5) is 13.4. The van der Waals surface area contributed by atoms with Crippen LogP contribution in [-0.2, 0) is 25.8 Å². The average molecular weight is 675 g/mol. The van der Waals surface area contributed by atoms with Gasteiger partial charge in [0.05, 0.1) is 17.6 Å². The van der Waals surface area contributed by atoms with Crippen molar-refractivity contribution in [2.75, 3.05) is 0 Å². The van der Waals surface area contributed by atoms with Crippen LogP contribution < -0.4 is 0 Å². The van der Waals surface area contributed by atoms with Crippen LogP contribution in [-0.4, -0.2) is 19.5 Å². The maximum absolute atomic E-state index is 14.0. The largest absolute Gasteiger partial charge is 0.342 e. The SMILES string of the molecule is Fc1ccc(C(=Cc2cnc(-c3nc(CC(CCc4ccccc4)c4ccc(F)cc4)c[nH]3)n2Cc2ccccc2)CCc2ccccc2)cc1. The van der Waals surface area contributed by atoms with Gasteiger partial charge < -0.3 is 9.55 Å². The van der Waals surface area contributed by atoms with E-state index >= 15 is 0 Å². The van der Waals surface area contributed by atoms with E-state index in [4.69, 9.17) is 9.97 Å². The molecule has 0 radical (unpaired) electrons. The van der Waals surface area contributed by atoms with E-state index < -0.39 is 0 Å². The summed E-state index contributed by atoms with van der Waals surface area (Å²) in [5, 5.41) is 0. The van der Waals surface area contributed by atoms with E-state index in [2.05, 4.69) is 76.3 Å². The second-order valence-electron chi connectivity index (χ2n) is 13.0. The Kier molecular flexibility index (Phi) is 10.7. The van der Waals surface area contributed by atoms with Crippen LogP contribution in [0.4, 0.5) is 8.78 Å². The number of aryl methyl sites for hydroxylation is 2. The van der Waals surface area contributed by atoms with Crippen LogP contribution in [0, 0.1) is 11.6 Å². The van der Waals surface area contributed by atoms with Gasteiger partial charge >= 0.3 is 0 Å². The van der Waals surface area contributed by atoms with Gasteiger partial charge in [-0.05, 0) is 102 Å². The standard InChI is InChI=1S/C45H40F2N4/c46-40-24-20-36(21-25-40)38(18-16-33-10-4-1-5-11-33)28-42-30-48-44(50-42)45-49-31-43(51(45)32-35-14-8-3-9-15-35)29-39(37-22-26-41(47)27-23-37)19-17-34-12-6-2-7-13-34/h1-15,20-27,29-31,38H,16-19,28,32H2,(H,48,50). The number of aromatic amines is 1. The van der Waals surface area contributed by atoms with Gasteiger partial charge in [-0.2, -0.15) is 0 Å². The Morgan fingerprint density at radius 1 is 0.686 bits per heavy atom. The second kappa shape index (κ2) is 16.2. The van der Waals surface area contributed by atoms with Gasteiger partial charge in [0, 0.05) is 12.7 Å². The first-order valence-electron chi connectivity index (χ1n) is 17.5. The third-order valence-corrected chi connectivity index (χ3v) is 9.40. The summed E-state index contributed by atoms with van der Waals surface area (Å²) in [6.45, 7) is 0.600. The average Bonchev–Trinajstić information content (AvgIpc) is 3.80. The Hall–Kier alpha value is -5.88. The lowest BCUT2D eigenvalue weighted by Crippen LogP contribution is -2.07. The number of H-pyrrole nitrogens is 1. The fourth-order valence-electron chi connectivity index (χ4n) is 6.63. The van der Waals surface area contributed by atoms with Crippen LogP contribution in [0.3, 0.4) is 0 Å². The quantitative estimate of drug-likeness (QED) is 0.125. The number of aromatic nitrogens is 4. The first-order valence-corrected chi connectivity index (χ1v) is 17.5.